The molecule has 26 heavy (non-hydrogen) atoms. The molecule has 0 radical (unpaired) electrons. The summed E-state index contributed by atoms with van der Waals surface area (Å²) in [6.45, 7) is 3.29. The van der Waals surface area contributed by atoms with Crippen molar-refractivity contribution >= 4 is 28.5 Å². The van der Waals surface area contributed by atoms with Crippen molar-refractivity contribution < 1.29 is 19.0 Å². The van der Waals surface area contributed by atoms with Crippen LogP contribution in [0.5, 0.6) is 11.5 Å². The first-order valence-corrected chi connectivity index (χ1v) is 9.00. The van der Waals surface area contributed by atoms with Crippen LogP contribution in [0, 0.1) is 0 Å². The van der Waals surface area contributed by atoms with E-state index in [0.717, 1.165) is 31.2 Å². The fourth-order valence-electron chi connectivity index (χ4n) is 2.52. The number of ether oxygens (including phenoxy) is 3. The summed E-state index contributed by atoms with van der Waals surface area (Å²) in [6.07, 6.45) is 1.64. The number of hydrazone groups is 1. The van der Waals surface area contributed by atoms with Crippen LogP contribution in [-0.4, -0.2) is 52.6 Å². The van der Waals surface area contributed by atoms with Crippen LogP contribution < -0.4 is 19.8 Å². The molecule has 0 unspecified atom stereocenters. The Labute approximate surface area is 156 Å². The molecule has 2 heterocycles. The number of anilines is 1. The standard InChI is InChI=1S/C18H21N3O4S/c1-23-14-9-13(10-15(11-14)24-2)18(22)20-19-12-16-3-4-17(26-16)21-5-7-25-8-6-21/h3-4,9-12H,5-8H2,1-2H3,(H,20,22)/b19-12+. The molecule has 1 fully saturated rings. The van der Waals surface area contributed by atoms with Gasteiger partial charge in [-0.2, -0.15) is 5.10 Å². The van der Waals surface area contributed by atoms with E-state index in [9.17, 15) is 4.79 Å². The van der Waals surface area contributed by atoms with Crippen LogP contribution in [-0.2, 0) is 4.74 Å². The summed E-state index contributed by atoms with van der Waals surface area (Å²) in [5.74, 6) is 0.766. The highest BCUT2D eigenvalue weighted by Gasteiger charge is 2.13. The molecule has 0 atom stereocenters. The Bertz CT molecular complexity index is 762. The Morgan fingerprint density at radius 1 is 1.19 bits per heavy atom. The van der Waals surface area contributed by atoms with Crippen LogP contribution in [0.4, 0.5) is 5.00 Å². The van der Waals surface area contributed by atoms with Crippen molar-refractivity contribution in [3.8, 4) is 11.5 Å². The zero-order valence-corrected chi connectivity index (χ0v) is 15.5. The number of nitrogens with zero attached hydrogens (tertiary/aromatic N) is 2. The maximum absolute atomic E-state index is 12.3. The maximum atomic E-state index is 12.3. The van der Waals surface area contributed by atoms with Gasteiger partial charge in [-0.25, -0.2) is 5.43 Å². The molecule has 8 heteroatoms. The molecule has 3 rings (SSSR count). The Balaban J connectivity index is 1.61. The molecule has 0 saturated carbocycles. The lowest BCUT2D eigenvalue weighted by Crippen LogP contribution is -2.35. The number of amides is 1. The van der Waals surface area contributed by atoms with Crippen molar-refractivity contribution in [1.29, 1.82) is 0 Å². The number of hydrogen-bond donors (Lipinski definition) is 1. The van der Waals surface area contributed by atoms with E-state index in [1.165, 1.54) is 19.2 Å². The van der Waals surface area contributed by atoms with Gasteiger partial charge in [0.25, 0.3) is 5.91 Å². The minimum Gasteiger partial charge on any atom is -0.497 e. The Hall–Kier alpha value is -2.58. The van der Waals surface area contributed by atoms with E-state index in [1.807, 2.05) is 6.07 Å². The monoisotopic (exact) mass is 375 g/mol. The van der Waals surface area contributed by atoms with Crippen molar-refractivity contribution in [1.82, 2.24) is 5.43 Å². The average molecular weight is 375 g/mol. The molecule has 1 saturated heterocycles. The van der Waals surface area contributed by atoms with Gasteiger partial charge in [0.05, 0.1) is 38.6 Å². The van der Waals surface area contributed by atoms with Crippen molar-refractivity contribution in [2.24, 2.45) is 5.10 Å². The molecular weight excluding hydrogens is 354 g/mol. The predicted octanol–water partition coefficient (Wildman–Crippen LogP) is 2.37. The SMILES string of the molecule is COc1cc(OC)cc(C(=O)N/N=C/c2ccc(N3CCOCC3)s2)c1. The third-order valence-electron chi connectivity index (χ3n) is 3.91. The number of carbonyl (C=O) groups is 1. The number of thiophene rings is 1. The Morgan fingerprint density at radius 3 is 2.54 bits per heavy atom. The van der Waals surface area contributed by atoms with Gasteiger partial charge in [-0.15, -0.1) is 11.3 Å². The molecule has 0 aliphatic carbocycles. The van der Waals surface area contributed by atoms with Crippen LogP contribution in [0.15, 0.2) is 35.4 Å². The molecule has 1 N–H and O–H groups in total. The lowest BCUT2D eigenvalue weighted by atomic mass is 10.2. The summed E-state index contributed by atoms with van der Waals surface area (Å²) < 4.78 is 15.7. The van der Waals surface area contributed by atoms with Crippen molar-refractivity contribution in [3.05, 3.63) is 40.8 Å². The highest BCUT2D eigenvalue weighted by atomic mass is 32.1. The van der Waals surface area contributed by atoms with Crippen LogP contribution in [0.2, 0.25) is 0 Å². The van der Waals surface area contributed by atoms with Gasteiger partial charge in [0, 0.05) is 29.6 Å². The van der Waals surface area contributed by atoms with E-state index >= 15 is 0 Å². The largest absolute Gasteiger partial charge is 0.497 e. The lowest BCUT2D eigenvalue weighted by Gasteiger charge is -2.27. The maximum Gasteiger partial charge on any atom is 0.271 e. The molecule has 1 amide bonds. The molecule has 1 aliphatic rings. The van der Waals surface area contributed by atoms with Crippen molar-refractivity contribution in [3.63, 3.8) is 0 Å². The van der Waals surface area contributed by atoms with Gasteiger partial charge in [0.1, 0.15) is 11.5 Å². The summed E-state index contributed by atoms with van der Waals surface area (Å²) in [6, 6.07) is 9.02. The first-order valence-electron chi connectivity index (χ1n) is 8.18. The number of benzene rings is 1. The zero-order chi connectivity index (χ0) is 18.4. The minimum absolute atomic E-state index is 0.330. The Morgan fingerprint density at radius 2 is 1.88 bits per heavy atom. The van der Waals surface area contributed by atoms with E-state index < -0.39 is 0 Å². The van der Waals surface area contributed by atoms with Gasteiger partial charge in [-0.05, 0) is 24.3 Å². The molecule has 7 nitrogen and oxygen atoms in total. The number of hydrogen-bond acceptors (Lipinski definition) is 7. The van der Waals surface area contributed by atoms with Crippen LogP contribution in [0.1, 0.15) is 15.2 Å². The summed E-state index contributed by atoms with van der Waals surface area (Å²) in [5.41, 5.74) is 2.95. The molecular formula is C18H21N3O4S. The second kappa shape index (κ2) is 8.68. The molecule has 1 aliphatic heterocycles. The normalized spacial score (nSPS) is 14.5. The zero-order valence-electron chi connectivity index (χ0n) is 14.7. The molecule has 0 spiro atoms. The van der Waals surface area contributed by atoms with Crippen LogP contribution >= 0.6 is 11.3 Å². The summed E-state index contributed by atoms with van der Waals surface area (Å²) >= 11 is 1.63. The Kier molecular flexibility index (Phi) is 6.08. The number of nitrogens with one attached hydrogen (secondary N) is 1. The fourth-order valence-corrected chi connectivity index (χ4v) is 3.45. The minimum atomic E-state index is -0.330. The predicted molar refractivity (Wildman–Crippen MR) is 102 cm³/mol. The fraction of sp³-hybridized carbons (Fsp3) is 0.333. The number of methoxy groups -OCH3 is 2. The second-order valence-electron chi connectivity index (χ2n) is 5.58. The van der Waals surface area contributed by atoms with E-state index in [4.69, 9.17) is 14.2 Å². The summed E-state index contributed by atoms with van der Waals surface area (Å²) in [5, 5.41) is 5.23. The van der Waals surface area contributed by atoms with E-state index in [0.29, 0.717) is 17.1 Å². The molecule has 2 aromatic rings. The highest BCUT2D eigenvalue weighted by molar-refractivity contribution is 7.17. The summed E-state index contributed by atoms with van der Waals surface area (Å²) in [4.78, 5) is 15.5. The van der Waals surface area contributed by atoms with Gasteiger partial charge in [-0.1, -0.05) is 0 Å². The number of rotatable bonds is 6. The topological polar surface area (TPSA) is 72.4 Å². The first-order chi connectivity index (χ1) is 12.7. The third-order valence-corrected chi connectivity index (χ3v) is 4.99. The van der Waals surface area contributed by atoms with Gasteiger partial charge in [-0.3, -0.25) is 4.79 Å². The van der Waals surface area contributed by atoms with Crippen molar-refractivity contribution in [2.75, 3.05) is 45.4 Å². The molecule has 1 aromatic heterocycles. The lowest BCUT2D eigenvalue weighted by molar-refractivity contribution is 0.0954. The smallest absolute Gasteiger partial charge is 0.271 e. The van der Waals surface area contributed by atoms with Gasteiger partial charge < -0.3 is 19.1 Å². The van der Waals surface area contributed by atoms with Gasteiger partial charge in [0.2, 0.25) is 0 Å². The first kappa shape index (κ1) is 18.2. The molecule has 1 aromatic carbocycles. The molecule has 138 valence electrons. The highest BCUT2D eigenvalue weighted by Crippen LogP contribution is 2.26. The van der Waals surface area contributed by atoms with E-state index in [1.54, 1.807) is 35.8 Å². The van der Waals surface area contributed by atoms with E-state index in [-0.39, 0.29) is 5.91 Å². The summed E-state index contributed by atoms with van der Waals surface area (Å²) in [7, 11) is 3.08. The van der Waals surface area contributed by atoms with Crippen LogP contribution in [0.3, 0.4) is 0 Å². The van der Waals surface area contributed by atoms with Gasteiger partial charge in [0.15, 0.2) is 0 Å². The third kappa shape index (κ3) is 4.53. The van der Waals surface area contributed by atoms with Crippen LogP contribution in [0.25, 0.3) is 0 Å². The van der Waals surface area contributed by atoms with E-state index in [2.05, 4.69) is 21.5 Å². The second-order valence-corrected chi connectivity index (χ2v) is 6.67. The van der Waals surface area contributed by atoms with Gasteiger partial charge >= 0.3 is 0 Å². The van der Waals surface area contributed by atoms with Crippen molar-refractivity contribution in [2.45, 2.75) is 0 Å². The quantitative estimate of drug-likeness (QED) is 0.620. The number of morpholine rings is 1. The average Bonchev–Trinajstić information content (AvgIpc) is 3.17. The number of carbonyl (C=O) groups excluding carboxylic acids is 1. The molecule has 0 bridgehead atoms.